The smallest absolute Gasteiger partial charge is 0.0790 e. The Bertz CT molecular complexity index is 290. The summed E-state index contributed by atoms with van der Waals surface area (Å²) in [6, 6.07) is 7.51. The van der Waals surface area contributed by atoms with Gasteiger partial charge in [0.25, 0.3) is 0 Å². The minimum Gasteiger partial charge on any atom is -0.399 e. The van der Waals surface area contributed by atoms with Gasteiger partial charge in [0, 0.05) is 5.69 Å². The van der Waals surface area contributed by atoms with Crippen LogP contribution in [0, 0.1) is 5.92 Å². The number of aliphatic hydroxyl groups excluding tert-OH is 1. The van der Waals surface area contributed by atoms with E-state index in [1.165, 1.54) is 12.8 Å². The predicted octanol–water partition coefficient (Wildman–Crippen LogP) is 2.49. The van der Waals surface area contributed by atoms with Gasteiger partial charge >= 0.3 is 0 Å². The molecule has 0 amide bonds. The van der Waals surface area contributed by atoms with E-state index in [1.807, 2.05) is 24.3 Å². The minimum absolute atomic E-state index is 0.309. The number of anilines is 1. The Hall–Kier alpha value is -1.02. The highest BCUT2D eigenvalue weighted by Gasteiger charge is 2.22. The molecule has 2 nitrogen and oxygen atoms in total. The van der Waals surface area contributed by atoms with Gasteiger partial charge in [-0.2, -0.15) is 0 Å². The zero-order chi connectivity index (χ0) is 9.97. The van der Waals surface area contributed by atoms with E-state index < -0.39 is 0 Å². The van der Waals surface area contributed by atoms with Crippen LogP contribution in [0.15, 0.2) is 24.3 Å². The molecule has 14 heavy (non-hydrogen) atoms. The number of nitrogen functional groups attached to an aromatic ring is 1. The van der Waals surface area contributed by atoms with E-state index in [4.69, 9.17) is 5.73 Å². The molecule has 2 rings (SSSR count). The van der Waals surface area contributed by atoms with Crippen molar-refractivity contribution in [3.05, 3.63) is 29.8 Å². The van der Waals surface area contributed by atoms with Crippen LogP contribution in [0.1, 0.15) is 37.4 Å². The second-order valence-electron chi connectivity index (χ2n) is 4.20. The third-order valence-electron chi connectivity index (χ3n) is 2.87. The van der Waals surface area contributed by atoms with Gasteiger partial charge in [0.05, 0.1) is 6.10 Å². The van der Waals surface area contributed by atoms with Gasteiger partial charge in [-0.15, -0.1) is 0 Å². The average Bonchev–Trinajstić information content (AvgIpc) is 2.99. The fourth-order valence-electron chi connectivity index (χ4n) is 1.68. The van der Waals surface area contributed by atoms with E-state index in [1.54, 1.807) is 0 Å². The molecule has 2 heteroatoms. The van der Waals surface area contributed by atoms with E-state index in [0.717, 1.165) is 30.0 Å². The van der Waals surface area contributed by atoms with Gasteiger partial charge < -0.3 is 10.8 Å². The lowest BCUT2D eigenvalue weighted by atomic mass is 10.0. The molecule has 1 unspecified atom stereocenters. The summed E-state index contributed by atoms with van der Waals surface area (Å²) in [6.45, 7) is 0. The summed E-state index contributed by atoms with van der Waals surface area (Å²) in [6.07, 6.45) is 4.44. The molecule has 1 aromatic carbocycles. The van der Waals surface area contributed by atoms with E-state index in [0.29, 0.717) is 0 Å². The second-order valence-corrected chi connectivity index (χ2v) is 4.20. The topological polar surface area (TPSA) is 46.2 Å². The van der Waals surface area contributed by atoms with Crippen molar-refractivity contribution in [3.8, 4) is 0 Å². The van der Waals surface area contributed by atoms with E-state index >= 15 is 0 Å². The minimum atomic E-state index is -0.309. The van der Waals surface area contributed by atoms with Crippen LogP contribution in [0.2, 0.25) is 0 Å². The maximum atomic E-state index is 9.85. The van der Waals surface area contributed by atoms with Crippen LogP contribution in [0.5, 0.6) is 0 Å². The van der Waals surface area contributed by atoms with Gasteiger partial charge in [-0.05, 0) is 36.5 Å². The predicted molar refractivity (Wildman–Crippen MR) is 57.8 cm³/mol. The Morgan fingerprint density at radius 2 is 1.93 bits per heavy atom. The van der Waals surface area contributed by atoms with Crippen molar-refractivity contribution in [2.24, 2.45) is 5.92 Å². The highest BCUT2D eigenvalue weighted by molar-refractivity contribution is 5.39. The average molecular weight is 191 g/mol. The number of hydrogen-bond donors (Lipinski definition) is 2. The van der Waals surface area contributed by atoms with E-state index in [-0.39, 0.29) is 6.10 Å². The summed E-state index contributed by atoms with van der Waals surface area (Å²) < 4.78 is 0. The molecule has 1 atom stereocenters. The van der Waals surface area contributed by atoms with Crippen LogP contribution in [0.25, 0.3) is 0 Å². The molecule has 0 aliphatic heterocycles. The molecule has 1 aromatic rings. The van der Waals surface area contributed by atoms with Crippen LogP contribution in [-0.4, -0.2) is 5.11 Å². The lowest BCUT2D eigenvalue weighted by molar-refractivity contribution is 0.162. The normalized spacial score (nSPS) is 18.1. The third-order valence-corrected chi connectivity index (χ3v) is 2.87. The highest BCUT2D eigenvalue weighted by atomic mass is 16.3. The maximum Gasteiger partial charge on any atom is 0.0790 e. The van der Waals surface area contributed by atoms with Crippen molar-refractivity contribution in [1.82, 2.24) is 0 Å². The molecule has 1 aliphatic carbocycles. The number of hydrogen-bond acceptors (Lipinski definition) is 2. The highest BCUT2D eigenvalue weighted by Crippen LogP contribution is 2.35. The maximum absolute atomic E-state index is 9.85. The van der Waals surface area contributed by atoms with Crippen molar-refractivity contribution < 1.29 is 5.11 Å². The van der Waals surface area contributed by atoms with Crippen LogP contribution in [0.4, 0.5) is 5.69 Å². The van der Waals surface area contributed by atoms with Crippen molar-refractivity contribution in [3.63, 3.8) is 0 Å². The second kappa shape index (κ2) is 4.01. The molecule has 0 saturated heterocycles. The molecule has 0 bridgehead atoms. The van der Waals surface area contributed by atoms with Crippen LogP contribution >= 0.6 is 0 Å². The first-order valence-corrected chi connectivity index (χ1v) is 5.29. The largest absolute Gasteiger partial charge is 0.399 e. The molecule has 0 spiro atoms. The molecule has 1 saturated carbocycles. The number of rotatable bonds is 4. The Balaban J connectivity index is 1.88. The first kappa shape index (κ1) is 9.53. The van der Waals surface area contributed by atoms with Crippen LogP contribution < -0.4 is 5.73 Å². The summed E-state index contributed by atoms with van der Waals surface area (Å²) in [4.78, 5) is 0. The molecular formula is C12H17NO. The monoisotopic (exact) mass is 191 g/mol. The number of aliphatic hydroxyl groups is 1. The van der Waals surface area contributed by atoms with Crippen molar-refractivity contribution in [2.45, 2.75) is 31.8 Å². The lowest BCUT2D eigenvalue weighted by Crippen LogP contribution is -1.98. The first-order valence-electron chi connectivity index (χ1n) is 5.29. The summed E-state index contributed by atoms with van der Waals surface area (Å²) in [7, 11) is 0. The van der Waals surface area contributed by atoms with Gasteiger partial charge in [0.1, 0.15) is 0 Å². The summed E-state index contributed by atoms with van der Waals surface area (Å²) in [5.41, 5.74) is 7.32. The van der Waals surface area contributed by atoms with Gasteiger partial charge in [0.2, 0.25) is 0 Å². The molecular weight excluding hydrogens is 174 g/mol. The molecule has 1 aliphatic rings. The van der Waals surface area contributed by atoms with E-state index in [2.05, 4.69) is 0 Å². The van der Waals surface area contributed by atoms with Crippen molar-refractivity contribution in [1.29, 1.82) is 0 Å². The van der Waals surface area contributed by atoms with Gasteiger partial charge in [-0.25, -0.2) is 0 Å². The Kier molecular flexibility index (Phi) is 2.73. The van der Waals surface area contributed by atoms with E-state index in [9.17, 15) is 5.11 Å². The number of nitrogens with two attached hydrogens (primary N) is 1. The molecule has 0 radical (unpaired) electrons. The molecule has 76 valence electrons. The van der Waals surface area contributed by atoms with Gasteiger partial charge in [-0.3, -0.25) is 0 Å². The Morgan fingerprint density at radius 1 is 1.29 bits per heavy atom. The Labute approximate surface area is 84.7 Å². The number of benzene rings is 1. The summed E-state index contributed by atoms with van der Waals surface area (Å²) in [5.74, 6) is 0.887. The van der Waals surface area contributed by atoms with Crippen LogP contribution in [-0.2, 0) is 0 Å². The zero-order valence-corrected chi connectivity index (χ0v) is 8.32. The SMILES string of the molecule is Nc1ccc(C(O)CCC2CC2)cc1. The third kappa shape index (κ3) is 2.48. The fraction of sp³-hybridized carbons (Fsp3) is 0.500. The standard InChI is InChI=1S/C12H17NO/c13-11-6-4-10(5-7-11)12(14)8-3-9-1-2-9/h4-7,9,12,14H,1-3,8,13H2. The zero-order valence-electron chi connectivity index (χ0n) is 8.32. The first-order chi connectivity index (χ1) is 6.75. The lowest BCUT2D eigenvalue weighted by Gasteiger charge is -2.10. The summed E-state index contributed by atoms with van der Waals surface area (Å²) >= 11 is 0. The van der Waals surface area contributed by atoms with Crippen LogP contribution in [0.3, 0.4) is 0 Å². The fourth-order valence-corrected chi connectivity index (χ4v) is 1.68. The van der Waals surface area contributed by atoms with Crippen molar-refractivity contribution >= 4 is 5.69 Å². The molecule has 3 N–H and O–H groups in total. The molecule has 0 aromatic heterocycles. The molecule has 1 fully saturated rings. The molecule has 0 heterocycles. The van der Waals surface area contributed by atoms with Gasteiger partial charge in [0.15, 0.2) is 0 Å². The van der Waals surface area contributed by atoms with Gasteiger partial charge in [-0.1, -0.05) is 25.0 Å². The van der Waals surface area contributed by atoms with Crippen molar-refractivity contribution in [2.75, 3.05) is 5.73 Å². The summed E-state index contributed by atoms with van der Waals surface area (Å²) in [5, 5.41) is 9.85. The Morgan fingerprint density at radius 3 is 2.50 bits per heavy atom. The quantitative estimate of drug-likeness (QED) is 0.718.